The predicted molar refractivity (Wildman–Crippen MR) is 186 cm³/mol. The van der Waals surface area contributed by atoms with Crippen molar-refractivity contribution in [1.29, 1.82) is 0 Å². The molecule has 0 aromatic carbocycles. The van der Waals surface area contributed by atoms with Crippen molar-refractivity contribution in [3.05, 3.63) is 22.7 Å². The quantitative estimate of drug-likeness (QED) is 0.0400. The number of unbranched alkanes of at least 4 members (excludes halogenated alkanes) is 15. The molecule has 2 heterocycles. The van der Waals surface area contributed by atoms with E-state index in [0.717, 1.165) is 23.8 Å². The van der Waals surface area contributed by atoms with Gasteiger partial charge in [-0.1, -0.05) is 103 Å². The maximum Gasteiger partial charge on any atom is 0.472 e. The molecule has 1 unspecified atom stereocenters. The third-order valence-corrected chi connectivity index (χ3v) is 9.58. The average Bonchev–Trinajstić information content (AvgIpc) is 3.30. The van der Waals surface area contributed by atoms with E-state index in [-0.39, 0.29) is 24.5 Å². The summed E-state index contributed by atoms with van der Waals surface area (Å²) < 4.78 is 29.2. The Labute approximate surface area is 282 Å². The van der Waals surface area contributed by atoms with Crippen LogP contribution in [0.5, 0.6) is 0 Å². The minimum Gasteiger partial charge on any atom is -0.387 e. The number of phosphoric ester groups is 1. The van der Waals surface area contributed by atoms with E-state index in [2.05, 4.69) is 16.9 Å². The normalized spacial score (nSPS) is 21.3. The number of rotatable bonds is 26. The molecule has 0 saturated carbocycles. The van der Waals surface area contributed by atoms with Crippen molar-refractivity contribution in [2.45, 2.75) is 174 Å². The van der Waals surface area contributed by atoms with Gasteiger partial charge in [0.1, 0.15) is 18.3 Å². The number of aliphatic imine (C=N–C) groups is 1. The van der Waals surface area contributed by atoms with Crippen molar-refractivity contribution in [1.82, 2.24) is 14.5 Å². The van der Waals surface area contributed by atoms with Crippen LogP contribution in [0.15, 0.2) is 22.1 Å². The molecule has 0 spiro atoms. The molecule has 0 aliphatic carbocycles. The summed E-state index contributed by atoms with van der Waals surface area (Å²) in [6.45, 7) is 9.96. The van der Waals surface area contributed by atoms with Crippen molar-refractivity contribution >= 4 is 20.0 Å². The Hall–Kier alpha value is -1.66. The Morgan fingerprint density at radius 2 is 1.40 bits per heavy atom. The molecule has 5 atom stereocenters. The number of phosphoric acid groups is 1. The van der Waals surface area contributed by atoms with Gasteiger partial charge in [-0.3, -0.25) is 13.6 Å². The van der Waals surface area contributed by atoms with E-state index < -0.39 is 44.7 Å². The first-order valence-electron chi connectivity index (χ1n) is 18.0. The topological polar surface area (TPSA) is 156 Å². The standard InChI is InChI=1S/C34H63N4O8P/c1-6-7-8-9-10-11-12-13-14-15-16-17-18-19-20-21-24-44-47(42,43)45-25-29-31(39)32(40)33(46-29)37-23-22-30(36-34(37)41)35-26-38(27(2)3)28(4)5/h22-23,26-29,31-33,39-40H,6-21,24-25H2,1-5H3,(H,42,43)/t29-,31-,32+,33-/m1/s1. The van der Waals surface area contributed by atoms with Gasteiger partial charge in [0.05, 0.1) is 19.6 Å². The van der Waals surface area contributed by atoms with Crippen LogP contribution in [0, 0.1) is 0 Å². The second kappa shape index (κ2) is 22.9. The summed E-state index contributed by atoms with van der Waals surface area (Å²) in [6.07, 6.45) is 17.4. The number of aliphatic hydroxyl groups excluding tert-OH is 2. The summed E-state index contributed by atoms with van der Waals surface area (Å²) in [6, 6.07) is 1.91. The van der Waals surface area contributed by atoms with E-state index in [4.69, 9.17) is 13.8 Å². The number of ether oxygens (including phenoxy) is 1. The van der Waals surface area contributed by atoms with Gasteiger partial charge in [0.25, 0.3) is 0 Å². The molecule has 1 aliphatic rings. The Bertz CT molecular complexity index is 1110. The molecule has 47 heavy (non-hydrogen) atoms. The van der Waals surface area contributed by atoms with E-state index in [0.29, 0.717) is 6.42 Å². The first kappa shape index (κ1) is 41.5. The molecule has 1 aromatic heterocycles. The second-order valence-corrected chi connectivity index (χ2v) is 14.8. The first-order chi connectivity index (χ1) is 22.5. The lowest BCUT2D eigenvalue weighted by Crippen LogP contribution is -2.36. The highest BCUT2D eigenvalue weighted by atomic mass is 31.2. The zero-order chi connectivity index (χ0) is 34.7. The summed E-state index contributed by atoms with van der Waals surface area (Å²) in [5.41, 5.74) is -0.729. The van der Waals surface area contributed by atoms with E-state index in [1.165, 1.54) is 89.3 Å². The summed E-state index contributed by atoms with van der Waals surface area (Å²) in [7, 11) is -4.39. The molecule has 272 valence electrons. The number of hydrogen-bond donors (Lipinski definition) is 3. The highest BCUT2D eigenvalue weighted by Gasteiger charge is 2.45. The average molecular weight is 687 g/mol. The fraction of sp³-hybridized carbons (Fsp3) is 0.853. The molecule has 1 aliphatic heterocycles. The van der Waals surface area contributed by atoms with Crippen molar-refractivity contribution in [3.8, 4) is 0 Å². The molecule has 1 aromatic rings. The molecule has 2 rings (SSSR count). The SMILES string of the molecule is CCCCCCCCCCCCCCCCCCOP(=O)(O)OC[C@H]1O[C@@H](n2ccc(N=CN(C(C)C)C(C)C)nc2=O)[C@@H](O)[C@@H]1O. The smallest absolute Gasteiger partial charge is 0.387 e. The molecule has 12 nitrogen and oxygen atoms in total. The molecule has 3 N–H and O–H groups in total. The van der Waals surface area contributed by atoms with Crippen LogP contribution in [0.25, 0.3) is 0 Å². The van der Waals surface area contributed by atoms with Gasteiger partial charge in [0.15, 0.2) is 12.0 Å². The summed E-state index contributed by atoms with van der Waals surface area (Å²) in [4.78, 5) is 33.1. The summed E-state index contributed by atoms with van der Waals surface area (Å²) >= 11 is 0. The van der Waals surface area contributed by atoms with Gasteiger partial charge in [0, 0.05) is 18.3 Å². The minimum absolute atomic E-state index is 0.0769. The first-order valence-corrected chi connectivity index (χ1v) is 19.5. The van der Waals surface area contributed by atoms with Crippen molar-refractivity contribution in [2.24, 2.45) is 4.99 Å². The van der Waals surface area contributed by atoms with E-state index >= 15 is 0 Å². The maximum absolute atomic E-state index is 12.7. The molecule has 13 heteroatoms. The Balaban J connectivity index is 1.62. The van der Waals surface area contributed by atoms with Gasteiger partial charge in [-0.2, -0.15) is 4.98 Å². The second-order valence-electron chi connectivity index (χ2n) is 13.3. The maximum atomic E-state index is 12.7. The summed E-state index contributed by atoms with van der Waals surface area (Å²) in [5.74, 6) is 0.188. The highest BCUT2D eigenvalue weighted by Crippen LogP contribution is 2.44. The van der Waals surface area contributed by atoms with E-state index in [1.807, 2.05) is 32.6 Å². The number of aliphatic hydroxyl groups is 2. The van der Waals surface area contributed by atoms with Gasteiger partial charge >= 0.3 is 13.5 Å². The Kier molecular flexibility index (Phi) is 20.2. The zero-order valence-corrected chi connectivity index (χ0v) is 30.4. The predicted octanol–water partition coefficient (Wildman–Crippen LogP) is 7.04. The Morgan fingerprint density at radius 1 is 0.894 bits per heavy atom. The van der Waals surface area contributed by atoms with Crippen LogP contribution in [-0.4, -0.2) is 79.5 Å². The molecule has 0 bridgehead atoms. The third-order valence-electron chi connectivity index (χ3n) is 8.60. The largest absolute Gasteiger partial charge is 0.472 e. The van der Waals surface area contributed by atoms with Gasteiger partial charge in [0.2, 0.25) is 0 Å². The fourth-order valence-corrected chi connectivity index (χ4v) is 6.56. The molecular formula is C34H63N4O8P. The third kappa shape index (κ3) is 16.1. The number of hydrogen-bond acceptors (Lipinski definition) is 9. The van der Waals surface area contributed by atoms with Crippen LogP contribution < -0.4 is 5.69 Å². The van der Waals surface area contributed by atoms with Crippen LogP contribution in [0.2, 0.25) is 0 Å². The van der Waals surface area contributed by atoms with Gasteiger partial charge in [-0.25, -0.2) is 14.4 Å². The number of aromatic nitrogens is 2. The van der Waals surface area contributed by atoms with Crippen LogP contribution in [0.4, 0.5) is 5.82 Å². The van der Waals surface area contributed by atoms with Crippen molar-refractivity contribution in [3.63, 3.8) is 0 Å². The molecule has 1 fully saturated rings. The molecule has 0 radical (unpaired) electrons. The molecule has 1 saturated heterocycles. The summed E-state index contributed by atoms with van der Waals surface area (Å²) in [5, 5.41) is 21.0. The van der Waals surface area contributed by atoms with Gasteiger partial charge in [-0.15, -0.1) is 0 Å². The van der Waals surface area contributed by atoms with E-state index in [9.17, 15) is 24.5 Å². The zero-order valence-electron chi connectivity index (χ0n) is 29.5. The molecule has 0 amide bonds. The number of nitrogens with zero attached hydrogens (tertiary/aromatic N) is 4. The van der Waals surface area contributed by atoms with Crippen LogP contribution in [0.1, 0.15) is 144 Å². The van der Waals surface area contributed by atoms with Crippen molar-refractivity contribution in [2.75, 3.05) is 13.2 Å². The lowest BCUT2D eigenvalue weighted by molar-refractivity contribution is -0.0551. The lowest BCUT2D eigenvalue weighted by atomic mass is 10.0. The van der Waals surface area contributed by atoms with Crippen LogP contribution in [-0.2, 0) is 18.3 Å². The van der Waals surface area contributed by atoms with Crippen LogP contribution in [0.3, 0.4) is 0 Å². The fourth-order valence-electron chi connectivity index (χ4n) is 5.79. The molecular weight excluding hydrogens is 623 g/mol. The van der Waals surface area contributed by atoms with E-state index in [1.54, 1.807) is 6.34 Å². The lowest BCUT2D eigenvalue weighted by Gasteiger charge is -2.28. The monoisotopic (exact) mass is 686 g/mol. The van der Waals surface area contributed by atoms with Crippen LogP contribution >= 0.6 is 7.82 Å². The highest BCUT2D eigenvalue weighted by molar-refractivity contribution is 7.47. The minimum atomic E-state index is -4.39. The Morgan fingerprint density at radius 3 is 1.89 bits per heavy atom. The van der Waals surface area contributed by atoms with Gasteiger partial charge < -0.3 is 24.7 Å². The van der Waals surface area contributed by atoms with Gasteiger partial charge in [-0.05, 0) is 40.2 Å². The van der Waals surface area contributed by atoms with Crippen molar-refractivity contribution < 1.29 is 33.5 Å².